The maximum absolute atomic E-state index is 5.70. The van der Waals surface area contributed by atoms with E-state index in [1.165, 1.54) is 11.1 Å². The molecule has 0 radical (unpaired) electrons. The average molecular weight is 372 g/mol. The number of nitrogens with one attached hydrogen (secondary N) is 1. The van der Waals surface area contributed by atoms with E-state index in [-0.39, 0.29) is 6.04 Å². The fraction of sp³-hybridized carbons (Fsp3) is 0.130. The molecular weight excluding hydrogens is 350 g/mol. The normalized spacial score (nSPS) is 16.1. The van der Waals surface area contributed by atoms with E-state index in [0.29, 0.717) is 11.7 Å². The van der Waals surface area contributed by atoms with E-state index >= 15 is 0 Å². The van der Waals surface area contributed by atoms with E-state index in [2.05, 4.69) is 53.8 Å². The van der Waals surface area contributed by atoms with Crippen LogP contribution in [-0.2, 0) is 6.54 Å². The van der Waals surface area contributed by atoms with Crippen molar-refractivity contribution in [3.63, 3.8) is 0 Å². The second kappa shape index (κ2) is 8.14. The molecule has 27 heavy (non-hydrogen) atoms. The lowest BCUT2D eigenvalue weighted by atomic mass is 9.99. The van der Waals surface area contributed by atoms with E-state index in [1.807, 2.05) is 47.5 Å². The highest BCUT2D eigenvalue weighted by Gasteiger charge is 2.31. The van der Waals surface area contributed by atoms with Gasteiger partial charge in [0, 0.05) is 13.0 Å². The smallest absolute Gasteiger partial charge is 0.190 e. The van der Waals surface area contributed by atoms with E-state index in [0.717, 1.165) is 17.7 Å². The first kappa shape index (κ1) is 17.4. The van der Waals surface area contributed by atoms with E-state index in [1.54, 1.807) is 0 Å². The Labute approximate surface area is 165 Å². The fourth-order valence-electron chi connectivity index (χ4n) is 3.29. The van der Waals surface area contributed by atoms with Crippen molar-refractivity contribution in [2.45, 2.75) is 19.0 Å². The number of hydrogen-bond acceptors (Lipinski definition) is 2. The maximum atomic E-state index is 5.70. The predicted octanol–water partition coefficient (Wildman–Crippen LogP) is 4.91. The zero-order valence-electron chi connectivity index (χ0n) is 15.0. The van der Waals surface area contributed by atoms with E-state index in [9.17, 15) is 0 Å². The zero-order chi connectivity index (χ0) is 18.5. The lowest BCUT2D eigenvalue weighted by Gasteiger charge is -2.25. The molecule has 0 saturated carbocycles. The molecule has 3 aromatic carbocycles. The van der Waals surface area contributed by atoms with Crippen molar-refractivity contribution in [3.8, 4) is 0 Å². The third-order valence-corrected chi connectivity index (χ3v) is 5.03. The standard InChI is InChI=1S/C23H21N3S/c27-23(24-17-18-10-4-1-5-11-18)26-22(20-14-8-3-9-15-20)16-21(25-26)19-12-6-2-7-13-19/h1-15,22H,16-17H2,(H,24,27)/t22-/m0/s1. The summed E-state index contributed by atoms with van der Waals surface area (Å²) in [6.45, 7) is 0.688. The molecule has 0 bridgehead atoms. The predicted molar refractivity (Wildman–Crippen MR) is 114 cm³/mol. The summed E-state index contributed by atoms with van der Waals surface area (Å²) in [4.78, 5) is 0. The molecule has 0 amide bonds. The van der Waals surface area contributed by atoms with Crippen LogP contribution >= 0.6 is 12.2 Å². The van der Waals surface area contributed by atoms with Crippen molar-refractivity contribution < 1.29 is 0 Å². The molecule has 1 N–H and O–H groups in total. The van der Waals surface area contributed by atoms with Gasteiger partial charge in [0.1, 0.15) is 0 Å². The molecule has 4 heteroatoms. The summed E-state index contributed by atoms with van der Waals surface area (Å²) in [5, 5.41) is 10.8. The first-order valence-corrected chi connectivity index (χ1v) is 9.51. The molecule has 4 rings (SSSR count). The van der Waals surface area contributed by atoms with E-state index < -0.39 is 0 Å². The first-order valence-electron chi connectivity index (χ1n) is 9.10. The van der Waals surface area contributed by atoms with Gasteiger partial charge in [-0.2, -0.15) is 5.10 Å². The third-order valence-electron chi connectivity index (χ3n) is 4.70. The van der Waals surface area contributed by atoms with Crippen molar-refractivity contribution in [1.29, 1.82) is 0 Å². The number of hydrogen-bond donors (Lipinski definition) is 1. The van der Waals surface area contributed by atoms with Gasteiger partial charge in [-0.3, -0.25) is 0 Å². The number of benzene rings is 3. The molecular formula is C23H21N3S. The molecule has 3 nitrogen and oxygen atoms in total. The van der Waals surface area contributed by atoms with Crippen molar-refractivity contribution in [2.75, 3.05) is 0 Å². The quantitative estimate of drug-likeness (QED) is 0.660. The lowest BCUT2D eigenvalue weighted by molar-refractivity contribution is 0.364. The molecule has 0 fully saturated rings. The molecule has 134 valence electrons. The molecule has 0 aliphatic carbocycles. The average Bonchev–Trinajstić information content (AvgIpc) is 3.20. The molecule has 1 aliphatic rings. The van der Waals surface area contributed by atoms with Crippen LogP contribution in [0, 0.1) is 0 Å². The van der Waals surface area contributed by atoms with Crippen molar-refractivity contribution >= 4 is 23.0 Å². The molecule has 0 spiro atoms. The van der Waals surface area contributed by atoms with Gasteiger partial charge in [0.25, 0.3) is 0 Å². The van der Waals surface area contributed by atoms with Crippen LogP contribution < -0.4 is 5.32 Å². The van der Waals surface area contributed by atoms with E-state index in [4.69, 9.17) is 17.3 Å². The number of nitrogens with zero attached hydrogens (tertiary/aromatic N) is 2. The Morgan fingerprint density at radius 1 is 0.889 bits per heavy atom. The Morgan fingerprint density at radius 3 is 2.15 bits per heavy atom. The Balaban J connectivity index is 1.57. The largest absolute Gasteiger partial charge is 0.357 e. The minimum atomic E-state index is 0.108. The summed E-state index contributed by atoms with van der Waals surface area (Å²) in [6.07, 6.45) is 0.835. The van der Waals surface area contributed by atoms with Crippen LogP contribution in [0.3, 0.4) is 0 Å². The summed E-state index contributed by atoms with van der Waals surface area (Å²) in [5.41, 5.74) is 4.62. The zero-order valence-corrected chi connectivity index (χ0v) is 15.8. The summed E-state index contributed by atoms with van der Waals surface area (Å²) in [7, 11) is 0. The van der Waals surface area contributed by atoms with Gasteiger partial charge in [-0.05, 0) is 28.9 Å². The molecule has 3 aromatic rings. The van der Waals surface area contributed by atoms with Crippen molar-refractivity contribution in [3.05, 3.63) is 108 Å². The van der Waals surface area contributed by atoms with Crippen molar-refractivity contribution in [1.82, 2.24) is 10.3 Å². The van der Waals surface area contributed by atoms with Crippen molar-refractivity contribution in [2.24, 2.45) is 5.10 Å². The highest BCUT2D eigenvalue weighted by molar-refractivity contribution is 7.80. The maximum Gasteiger partial charge on any atom is 0.190 e. The second-order valence-corrected chi connectivity index (χ2v) is 6.92. The lowest BCUT2D eigenvalue weighted by Crippen LogP contribution is -2.36. The minimum Gasteiger partial charge on any atom is -0.357 e. The first-order chi connectivity index (χ1) is 13.3. The third kappa shape index (κ3) is 4.07. The van der Waals surface area contributed by atoms with Crippen LogP contribution in [-0.4, -0.2) is 15.8 Å². The van der Waals surface area contributed by atoms with Gasteiger partial charge in [0.15, 0.2) is 5.11 Å². The van der Waals surface area contributed by atoms with Gasteiger partial charge in [-0.1, -0.05) is 91.0 Å². The van der Waals surface area contributed by atoms with Crippen LogP contribution in [0.15, 0.2) is 96.1 Å². The molecule has 0 aromatic heterocycles. The number of thiocarbonyl (C=S) groups is 1. The fourth-order valence-corrected chi connectivity index (χ4v) is 3.53. The van der Waals surface area contributed by atoms with Gasteiger partial charge in [-0.25, -0.2) is 5.01 Å². The van der Waals surface area contributed by atoms with Gasteiger partial charge in [-0.15, -0.1) is 0 Å². The van der Waals surface area contributed by atoms with Crippen LogP contribution in [0.4, 0.5) is 0 Å². The summed E-state index contributed by atoms with van der Waals surface area (Å²) in [5.74, 6) is 0. The highest BCUT2D eigenvalue weighted by Crippen LogP contribution is 2.32. The Kier molecular flexibility index (Phi) is 5.26. The Morgan fingerprint density at radius 2 is 1.48 bits per heavy atom. The highest BCUT2D eigenvalue weighted by atomic mass is 32.1. The SMILES string of the molecule is S=C(NCc1ccccc1)N1N=C(c2ccccc2)C[C@H]1c1ccccc1. The van der Waals surface area contributed by atoms with Crippen LogP contribution in [0.2, 0.25) is 0 Å². The molecule has 1 atom stereocenters. The molecule has 0 unspecified atom stereocenters. The molecule has 1 aliphatic heterocycles. The van der Waals surface area contributed by atoms with Gasteiger partial charge >= 0.3 is 0 Å². The van der Waals surface area contributed by atoms with Gasteiger partial charge < -0.3 is 5.32 Å². The summed E-state index contributed by atoms with van der Waals surface area (Å²) in [6, 6.07) is 31.1. The Bertz CT molecular complexity index is 924. The van der Waals surface area contributed by atoms with Crippen LogP contribution in [0.5, 0.6) is 0 Å². The van der Waals surface area contributed by atoms with Gasteiger partial charge in [0.05, 0.1) is 11.8 Å². The second-order valence-electron chi connectivity index (χ2n) is 6.53. The summed E-state index contributed by atoms with van der Waals surface area (Å²) < 4.78 is 0. The summed E-state index contributed by atoms with van der Waals surface area (Å²) >= 11 is 5.70. The number of hydrazone groups is 1. The number of rotatable bonds is 4. The molecule has 0 saturated heterocycles. The van der Waals surface area contributed by atoms with Crippen LogP contribution in [0.1, 0.15) is 29.2 Å². The topological polar surface area (TPSA) is 27.6 Å². The minimum absolute atomic E-state index is 0.108. The van der Waals surface area contributed by atoms with Crippen LogP contribution in [0.25, 0.3) is 0 Å². The van der Waals surface area contributed by atoms with Gasteiger partial charge in [0.2, 0.25) is 0 Å². The monoisotopic (exact) mass is 371 g/mol. The Hall–Kier alpha value is -2.98. The molecule has 1 heterocycles.